The van der Waals surface area contributed by atoms with E-state index >= 15 is 0 Å². The van der Waals surface area contributed by atoms with E-state index in [0.29, 0.717) is 0 Å². The highest BCUT2D eigenvalue weighted by molar-refractivity contribution is 4.95. The molecule has 0 saturated carbocycles. The predicted octanol–water partition coefficient (Wildman–Crippen LogP) is -0.330. The van der Waals surface area contributed by atoms with Gasteiger partial charge in [0.2, 0.25) is 0 Å². The lowest BCUT2D eigenvalue weighted by Crippen LogP contribution is -2.65. The number of hydrogen-bond donors (Lipinski definition) is 1. The van der Waals surface area contributed by atoms with Crippen LogP contribution in [0.5, 0.6) is 0 Å². The molecule has 5 aliphatic rings. The molecule has 0 aromatic heterocycles. The van der Waals surface area contributed by atoms with Crippen LogP contribution in [0.1, 0.15) is 12.8 Å². The highest BCUT2D eigenvalue weighted by Gasteiger charge is 2.39. The molecule has 0 aromatic rings. The van der Waals surface area contributed by atoms with Crippen LogP contribution in [0.2, 0.25) is 0 Å². The summed E-state index contributed by atoms with van der Waals surface area (Å²) < 4.78 is 0. The van der Waals surface area contributed by atoms with Gasteiger partial charge in [0, 0.05) is 57.9 Å². The summed E-state index contributed by atoms with van der Waals surface area (Å²) in [4.78, 5) is 8.19. The number of hydrogen-bond acceptors (Lipinski definition) is 4. The Labute approximate surface area is 110 Å². The Hall–Kier alpha value is -0.160. The third-order valence-electron chi connectivity index (χ3n) is 5.72. The van der Waals surface area contributed by atoms with Gasteiger partial charge in [0.1, 0.15) is 0 Å². The van der Waals surface area contributed by atoms with Gasteiger partial charge in [-0.25, -0.2) is 0 Å². The van der Waals surface area contributed by atoms with Gasteiger partial charge in [0.15, 0.2) is 0 Å². The molecule has 2 bridgehead atoms. The van der Waals surface area contributed by atoms with Crippen LogP contribution in [0.4, 0.5) is 0 Å². The molecule has 0 spiro atoms. The number of rotatable bonds is 2. The predicted molar refractivity (Wildman–Crippen MR) is 72.8 cm³/mol. The Bertz CT molecular complexity index is 288. The van der Waals surface area contributed by atoms with E-state index in [4.69, 9.17) is 0 Å². The Morgan fingerprint density at radius 1 is 0.778 bits per heavy atom. The van der Waals surface area contributed by atoms with E-state index in [1.54, 1.807) is 0 Å². The van der Waals surface area contributed by atoms with E-state index in [0.717, 1.165) is 18.0 Å². The summed E-state index contributed by atoms with van der Waals surface area (Å²) in [5, 5.41) is 3.39. The van der Waals surface area contributed by atoms with Crippen molar-refractivity contribution < 1.29 is 0 Å². The third kappa shape index (κ3) is 1.99. The fraction of sp³-hybridized carbons (Fsp3) is 1.00. The van der Waals surface area contributed by atoms with Crippen molar-refractivity contribution in [2.24, 2.45) is 5.92 Å². The molecule has 0 radical (unpaired) electrons. The maximum atomic E-state index is 3.39. The Kier molecular flexibility index (Phi) is 3.07. The van der Waals surface area contributed by atoms with E-state index in [1.165, 1.54) is 71.7 Å². The van der Waals surface area contributed by atoms with Gasteiger partial charge in [-0.3, -0.25) is 9.80 Å². The van der Waals surface area contributed by atoms with Crippen LogP contribution in [0.25, 0.3) is 0 Å². The number of piperidine rings is 3. The van der Waals surface area contributed by atoms with Crippen LogP contribution in [-0.4, -0.2) is 85.7 Å². The van der Waals surface area contributed by atoms with E-state index in [2.05, 4.69) is 20.0 Å². The minimum Gasteiger partial charge on any atom is -0.314 e. The second-order valence-electron chi connectivity index (χ2n) is 6.59. The zero-order valence-electron chi connectivity index (χ0n) is 11.4. The van der Waals surface area contributed by atoms with Crippen LogP contribution in [-0.2, 0) is 0 Å². The fourth-order valence-corrected chi connectivity index (χ4v) is 4.31. The molecule has 1 atom stereocenters. The van der Waals surface area contributed by atoms with Crippen molar-refractivity contribution in [3.63, 3.8) is 0 Å². The Balaban J connectivity index is 1.33. The van der Waals surface area contributed by atoms with Gasteiger partial charge in [-0.1, -0.05) is 0 Å². The van der Waals surface area contributed by atoms with Gasteiger partial charge in [-0.15, -0.1) is 0 Å². The first kappa shape index (κ1) is 11.6. The van der Waals surface area contributed by atoms with Crippen LogP contribution < -0.4 is 5.32 Å². The summed E-state index contributed by atoms with van der Waals surface area (Å²) >= 11 is 0. The normalized spacial score (nSPS) is 43.0. The molecule has 102 valence electrons. The van der Waals surface area contributed by atoms with Crippen molar-refractivity contribution in [2.45, 2.75) is 24.9 Å². The Morgan fingerprint density at radius 2 is 1.44 bits per heavy atom. The van der Waals surface area contributed by atoms with Gasteiger partial charge >= 0.3 is 0 Å². The zero-order chi connectivity index (χ0) is 11.9. The lowest BCUT2D eigenvalue weighted by molar-refractivity contribution is -0.0249. The summed E-state index contributed by atoms with van der Waals surface area (Å²) in [6.45, 7) is 11.8. The van der Waals surface area contributed by atoms with E-state index in [-0.39, 0.29) is 0 Å². The topological polar surface area (TPSA) is 21.8 Å². The molecule has 5 aliphatic heterocycles. The van der Waals surface area contributed by atoms with Crippen LogP contribution >= 0.6 is 0 Å². The van der Waals surface area contributed by atoms with Gasteiger partial charge in [0.25, 0.3) is 0 Å². The number of nitrogens with zero attached hydrogens (tertiary/aromatic N) is 3. The molecule has 5 heterocycles. The molecule has 5 rings (SSSR count). The number of nitrogens with one attached hydrogen (secondary N) is 1. The first-order chi connectivity index (χ1) is 8.90. The molecule has 1 unspecified atom stereocenters. The summed E-state index contributed by atoms with van der Waals surface area (Å²) in [6.07, 6.45) is 2.91. The first-order valence-corrected chi connectivity index (χ1v) is 7.81. The number of fused-ring (bicyclic) bond motifs is 3. The average Bonchev–Trinajstić information content (AvgIpc) is 2.39. The monoisotopic (exact) mass is 250 g/mol. The molecule has 4 nitrogen and oxygen atoms in total. The van der Waals surface area contributed by atoms with Gasteiger partial charge in [0.05, 0.1) is 0 Å². The standard InChI is InChI=1S/C14H26N4/c1-3-16-4-2-12(1)14(11-16)18-7-5-17(6-8-18)13-9-15-10-13/h12-15H,1-11H2. The Morgan fingerprint density at radius 3 is 1.94 bits per heavy atom. The molecule has 4 heteroatoms. The molecule has 0 aromatic carbocycles. The zero-order valence-corrected chi connectivity index (χ0v) is 11.4. The fourth-order valence-electron chi connectivity index (χ4n) is 4.31. The van der Waals surface area contributed by atoms with Gasteiger partial charge in [-0.2, -0.15) is 0 Å². The highest BCUT2D eigenvalue weighted by atomic mass is 15.3. The molecule has 1 N–H and O–H groups in total. The van der Waals surface area contributed by atoms with Crippen LogP contribution in [0, 0.1) is 5.92 Å². The van der Waals surface area contributed by atoms with Crippen molar-refractivity contribution >= 4 is 0 Å². The summed E-state index contributed by atoms with van der Waals surface area (Å²) in [5.74, 6) is 1.01. The summed E-state index contributed by atoms with van der Waals surface area (Å²) in [5.41, 5.74) is 0. The minimum atomic E-state index is 0.846. The van der Waals surface area contributed by atoms with Crippen molar-refractivity contribution in [1.82, 2.24) is 20.0 Å². The minimum absolute atomic E-state index is 0.846. The maximum Gasteiger partial charge on any atom is 0.0346 e. The van der Waals surface area contributed by atoms with Gasteiger partial charge in [-0.05, 0) is 31.8 Å². The van der Waals surface area contributed by atoms with Crippen molar-refractivity contribution in [1.29, 1.82) is 0 Å². The largest absolute Gasteiger partial charge is 0.314 e. The molecular formula is C14H26N4. The highest BCUT2D eigenvalue weighted by Crippen LogP contribution is 2.31. The molecule has 5 saturated heterocycles. The smallest absolute Gasteiger partial charge is 0.0346 e. The SMILES string of the molecule is C1CN2CCC1C(N1CCN(C3CNC3)CC1)C2. The van der Waals surface area contributed by atoms with Crippen molar-refractivity contribution in [3.05, 3.63) is 0 Å². The lowest BCUT2D eigenvalue weighted by Gasteiger charge is -2.52. The quantitative estimate of drug-likeness (QED) is 0.724. The lowest BCUT2D eigenvalue weighted by atomic mass is 9.83. The summed E-state index contributed by atoms with van der Waals surface area (Å²) in [6, 6.07) is 1.73. The second kappa shape index (κ2) is 4.75. The van der Waals surface area contributed by atoms with E-state index in [1.807, 2.05) is 0 Å². The van der Waals surface area contributed by atoms with E-state index in [9.17, 15) is 0 Å². The molecular weight excluding hydrogens is 224 g/mol. The molecule has 18 heavy (non-hydrogen) atoms. The first-order valence-electron chi connectivity index (χ1n) is 7.81. The second-order valence-corrected chi connectivity index (χ2v) is 6.59. The molecule has 0 aliphatic carbocycles. The van der Waals surface area contributed by atoms with E-state index < -0.39 is 0 Å². The third-order valence-corrected chi connectivity index (χ3v) is 5.72. The molecule has 0 amide bonds. The average molecular weight is 250 g/mol. The summed E-state index contributed by atoms with van der Waals surface area (Å²) in [7, 11) is 0. The van der Waals surface area contributed by atoms with Crippen molar-refractivity contribution in [2.75, 3.05) is 58.9 Å². The molecule has 5 fully saturated rings. The maximum absolute atomic E-state index is 3.39. The van der Waals surface area contributed by atoms with Crippen LogP contribution in [0.15, 0.2) is 0 Å². The number of piperazine rings is 1. The van der Waals surface area contributed by atoms with Crippen molar-refractivity contribution in [3.8, 4) is 0 Å². The van der Waals surface area contributed by atoms with Crippen LogP contribution in [0.3, 0.4) is 0 Å². The van der Waals surface area contributed by atoms with Gasteiger partial charge < -0.3 is 10.2 Å².